The van der Waals surface area contributed by atoms with Gasteiger partial charge in [-0.3, -0.25) is 4.90 Å². The lowest BCUT2D eigenvalue weighted by molar-refractivity contribution is -0.132. The van der Waals surface area contributed by atoms with E-state index in [4.69, 9.17) is 4.74 Å². The molecule has 1 aromatic carbocycles. The molecule has 146 valence electrons. The van der Waals surface area contributed by atoms with Crippen molar-refractivity contribution in [3.05, 3.63) is 35.4 Å². The van der Waals surface area contributed by atoms with Crippen molar-refractivity contribution in [2.75, 3.05) is 39.4 Å². The summed E-state index contributed by atoms with van der Waals surface area (Å²) in [5, 5.41) is 5.72. The lowest BCUT2D eigenvalue weighted by atomic mass is 10.1. The molecule has 0 amide bonds. The number of aliphatic imine (C=N–C) groups is 1. The summed E-state index contributed by atoms with van der Waals surface area (Å²) in [4.78, 5) is 6.77. The highest BCUT2D eigenvalue weighted by Gasteiger charge is 2.26. The quantitative estimate of drug-likeness (QED) is 0.570. The Hall–Kier alpha value is -1.80. The topological polar surface area (TPSA) is 48.9 Å². The van der Waals surface area contributed by atoms with Gasteiger partial charge in [0.05, 0.1) is 26.2 Å². The van der Waals surface area contributed by atoms with Crippen molar-refractivity contribution in [1.29, 1.82) is 0 Å². The lowest BCUT2D eigenvalue weighted by Gasteiger charge is -2.27. The molecule has 5 nitrogen and oxygen atoms in total. The number of halogens is 3. The monoisotopic (exact) mass is 372 g/mol. The molecule has 0 aliphatic carbocycles. The fourth-order valence-corrected chi connectivity index (χ4v) is 2.69. The number of hydrogen-bond donors (Lipinski definition) is 2. The Balaban J connectivity index is 1.96. The molecular weight excluding hydrogens is 345 g/mol. The molecule has 0 atom stereocenters. The van der Waals surface area contributed by atoms with Gasteiger partial charge in [0.1, 0.15) is 0 Å². The third-order valence-electron chi connectivity index (χ3n) is 4.07. The van der Waals surface area contributed by atoms with Crippen LogP contribution in [0, 0.1) is 0 Å². The van der Waals surface area contributed by atoms with E-state index >= 15 is 0 Å². The van der Waals surface area contributed by atoms with Gasteiger partial charge < -0.3 is 15.4 Å². The third-order valence-corrected chi connectivity index (χ3v) is 4.07. The number of alkyl halides is 3. The summed E-state index contributed by atoms with van der Waals surface area (Å²) in [5.74, 6) is 0.401. The highest BCUT2D eigenvalue weighted by Crippen LogP contribution is 2.18. The second-order valence-corrected chi connectivity index (χ2v) is 6.14. The zero-order valence-corrected chi connectivity index (χ0v) is 15.1. The van der Waals surface area contributed by atoms with Gasteiger partial charge in [0.25, 0.3) is 0 Å². The molecule has 2 rings (SSSR count). The molecule has 2 N–H and O–H groups in total. The van der Waals surface area contributed by atoms with Crippen LogP contribution < -0.4 is 10.6 Å². The summed E-state index contributed by atoms with van der Waals surface area (Å²) in [5.41, 5.74) is 2.26. The molecule has 0 radical (unpaired) electrons. The van der Waals surface area contributed by atoms with Gasteiger partial charge in [0.2, 0.25) is 0 Å². The van der Waals surface area contributed by atoms with E-state index in [1.807, 2.05) is 25.1 Å². The Morgan fingerprint density at radius 2 is 1.85 bits per heavy atom. The molecule has 1 saturated heterocycles. The van der Waals surface area contributed by atoms with Crippen LogP contribution in [0.3, 0.4) is 0 Å². The van der Waals surface area contributed by atoms with Gasteiger partial charge in [-0.2, -0.15) is 13.2 Å². The number of nitrogens with zero attached hydrogens (tertiary/aromatic N) is 2. The van der Waals surface area contributed by atoms with Crippen LogP contribution in [0.25, 0.3) is 0 Å². The van der Waals surface area contributed by atoms with Crippen LogP contribution in [-0.4, -0.2) is 56.4 Å². The Kier molecular flexibility index (Phi) is 8.18. The van der Waals surface area contributed by atoms with Crippen LogP contribution in [0.5, 0.6) is 0 Å². The number of nitrogens with one attached hydrogen (secondary N) is 2. The summed E-state index contributed by atoms with van der Waals surface area (Å²) in [6, 6.07) is 8.04. The predicted octanol–water partition coefficient (Wildman–Crippen LogP) is 2.53. The van der Waals surface area contributed by atoms with E-state index in [9.17, 15) is 13.2 Å². The van der Waals surface area contributed by atoms with Crippen LogP contribution >= 0.6 is 0 Å². The van der Waals surface area contributed by atoms with E-state index in [-0.39, 0.29) is 6.54 Å². The van der Waals surface area contributed by atoms with Crippen molar-refractivity contribution in [1.82, 2.24) is 15.5 Å². The number of hydrogen-bond acceptors (Lipinski definition) is 3. The number of benzene rings is 1. The normalized spacial score (nSPS) is 16.5. The molecule has 1 aliphatic heterocycles. The summed E-state index contributed by atoms with van der Waals surface area (Å²) in [6.07, 6.45) is -5.06. The minimum atomic E-state index is -4.17. The Labute approximate surface area is 152 Å². The van der Waals surface area contributed by atoms with Crippen LogP contribution in [-0.2, 0) is 17.8 Å². The minimum absolute atomic E-state index is 0.190. The Morgan fingerprint density at radius 1 is 1.15 bits per heavy atom. The lowest BCUT2D eigenvalue weighted by Crippen LogP contribution is -2.39. The summed E-state index contributed by atoms with van der Waals surface area (Å²) < 4.78 is 42.3. The maximum absolute atomic E-state index is 12.3. The van der Waals surface area contributed by atoms with Crippen LogP contribution in [0.15, 0.2) is 29.3 Å². The van der Waals surface area contributed by atoms with Gasteiger partial charge in [0, 0.05) is 32.7 Å². The largest absolute Gasteiger partial charge is 0.390 e. The summed E-state index contributed by atoms with van der Waals surface area (Å²) >= 11 is 0. The van der Waals surface area contributed by atoms with E-state index in [1.165, 1.54) is 5.56 Å². The minimum Gasteiger partial charge on any atom is -0.379 e. The van der Waals surface area contributed by atoms with Gasteiger partial charge in [-0.05, 0) is 18.1 Å². The van der Waals surface area contributed by atoms with Crippen molar-refractivity contribution in [3.8, 4) is 0 Å². The first-order valence-electron chi connectivity index (χ1n) is 8.94. The zero-order chi connectivity index (χ0) is 18.8. The van der Waals surface area contributed by atoms with E-state index < -0.39 is 12.6 Å². The van der Waals surface area contributed by atoms with Crippen LogP contribution in [0.4, 0.5) is 13.2 Å². The van der Waals surface area contributed by atoms with E-state index in [1.54, 1.807) is 0 Å². The molecule has 26 heavy (non-hydrogen) atoms. The Morgan fingerprint density at radius 3 is 2.50 bits per heavy atom. The van der Waals surface area contributed by atoms with Crippen LogP contribution in [0.1, 0.15) is 24.5 Å². The second kappa shape index (κ2) is 10.4. The van der Waals surface area contributed by atoms with Gasteiger partial charge in [-0.1, -0.05) is 24.3 Å². The standard InChI is InChI=1S/C18H27F3N4O/c1-2-22-17(23-8-7-18(19,20)21)24-13-15-5-3-4-6-16(15)14-25-9-11-26-12-10-25/h3-6H,2,7-14H2,1H3,(H2,22,23,24). The molecule has 0 saturated carbocycles. The van der Waals surface area contributed by atoms with Crippen molar-refractivity contribution >= 4 is 5.96 Å². The second-order valence-electron chi connectivity index (χ2n) is 6.14. The van der Waals surface area contributed by atoms with E-state index in [0.29, 0.717) is 19.0 Å². The molecule has 0 bridgehead atoms. The maximum atomic E-state index is 12.3. The van der Waals surface area contributed by atoms with E-state index in [2.05, 4.69) is 26.6 Å². The number of rotatable bonds is 7. The molecule has 0 unspecified atom stereocenters. The van der Waals surface area contributed by atoms with Gasteiger partial charge in [0.15, 0.2) is 5.96 Å². The van der Waals surface area contributed by atoms with Crippen molar-refractivity contribution in [2.45, 2.75) is 32.6 Å². The molecular formula is C18H27F3N4O. The molecule has 0 aromatic heterocycles. The van der Waals surface area contributed by atoms with Crippen LogP contribution in [0.2, 0.25) is 0 Å². The summed E-state index contributed by atoms with van der Waals surface area (Å²) in [7, 11) is 0. The average molecular weight is 372 g/mol. The molecule has 1 aliphatic rings. The maximum Gasteiger partial charge on any atom is 0.390 e. The first-order valence-corrected chi connectivity index (χ1v) is 8.94. The first kappa shape index (κ1) is 20.5. The van der Waals surface area contributed by atoms with Crippen molar-refractivity contribution in [3.63, 3.8) is 0 Å². The molecule has 0 spiro atoms. The summed E-state index contributed by atoms with van der Waals surface area (Å²) in [6.45, 7) is 6.82. The fraction of sp³-hybridized carbons (Fsp3) is 0.611. The average Bonchev–Trinajstić information content (AvgIpc) is 2.60. The van der Waals surface area contributed by atoms with Gasteiger partial charge in [-0.25, -0.2) is 4.99 Å². The Bertz CT molecular complexity index is 572. The molecule has 1 fully saturated rings. The number of guanidine groups is 1. The zero-order valence-electron chi connectivity index (χ0n) is 15.1. The van der Waals surface area contributed by atoms with Crippen molar-refractivity contribution in [2.24, 2.45) is 4.99 Å². The van der Waals surface area contributed by atoms with Gasteiger partial charge in [-0.15, -0.1) is 0 Å². The smallest absolute Gasteiger partial charge is 0.379 e. The van der Waals surface area contributed by atoms with E-state index in [0.717, 1.165) is 38.4 Å². The molecule has 8 heteroatoms. The molecule has 1 heterocycles. The number of morpholine rings is 1. The first-order chi connectivity index (χ1) is 12.5. The predicted molar refractivity (Wildman–Crippen MR) is 96.0 cm³/mol. The number of ether oxygens (including phenoxy) is 1. The highest BCUT2D eigenvalue weighted by molar-refractivity contribution is 5.79. The van der Waals surface area contributed by atoms with Crippen molar-refractivity contribution < 1.29 is 17.9 Å². The molecule has 1 aromatic rings. The third kappa shape index (κ3) is 7.61. The SMILES string of the molecule is CCNC(=NCc1ccccc1CN1CCOCC1)NCCC(F)(F)F. The van der Waals surface area contributed by atoms with Gasteiger partial charge >= 0.3 is 6.18 Å². The fourth-order valence-electron chi connectivity index (χ4n) is 2.69. The highest BCUT2D eigenvalue weighted by atomic mass is 19.4.